The molecule has 0 fully saturated rings. The van der Waals surface area contributed by atoms with Crippen molar-refractivity contribution in [2.24, 2.45) is 0 Å². The number of aliphatic hydroxyl groups is 1. The Morgan fingerprint density at radius 1 is 1.32 bits per heavy atom. The lowest BCUT2D eigenvalue weighted by molar-refractivity contribution is -0.138. The number of benzene rings is 1. The molecule has 1 aromatic rings. The molecule has 3 N–H and O–H groups in total. The fourth-order valence-corrected chi connectivity index (χ4v) is 1.95. The van der Waals surface area contributed by atoms with Gasteiger partial charge in [-0.15, -0.1) is 0 Å². The maximum absolute atomic E-state index is 12.8. The molecule has 0 spiro atoms. The van der Waals surface area contributed by atoms with Gasteiger partial charge in [-0.3, -0.25) is 9.59 Å². The molecular formula is C14H17F3N2O3. The lowest BCUT2D eigenvalue weighted by Crippen LogP contribution is -2.45. The summed E-state index contributed by atoms with van der Waals surface area (Å²) in [5, 5.41) is 13.8. The molecule has 0 saturated carbocycles. The van der Waals surface area contributed by atoms with E-state index in [0.717, 1.165) is 12.1 Å². The number of hydrogen-bond acceptors (Lipinski definition) is 3. The minimum Gasteiger partial charge on any atom is -0.394 e. The molecule has 1 aromatic carbocycles. The SMILES string of the molecule is CC(=O)NC(CO)CNC(=O)c1cccc(C(F)(F)F)c1C. The zero-order chi connectivity index (χ0) is 16.9. The van der Waals surface area contributed by atoms with Crippen LogP contribution in [0.3, 0.4) is 0 Å². The molecule has 0 heterocycles. The number of alkyl halides is 3. The van der Waals surface area contributed by atoms with Crippen molar-refractivity contribution >= 4 is 11.8 Å². The van der Waals surface area contributed by atoms with Crippen molar-refractivity contribution in [2.75, 3.05) is 13.2 Å². The summed E-state index contributed by atoms with van der Waals surface area (Å²) in [6.45, 7) is 1.97. The smallest absolute Gasteiger partial charge is 0.394 e. The molecule has 2 amide bonds. The molecule has 0 aliphatic heterocycles. The van der Waals surface area contributed by atoms with Crippen molar-refractivity contribution in [2.45, 2.75) is 26.1 Å². The van der Waals surface area contributed by atoms with Crippen LogP contribution in [0.2, 0.25) is 0 Å². The van der Waals surface area contributed by atoms with Crippen LogP contribution in [-0.2, 0) is 11.0 Å². The molecule has 0 aliphatic rings. The quantitative estimate of drug-likeness (QED) is 0.764. The van der Waals surface area contributed by atoms with Gasteiger partial charge in [0.1, 0.15) is 0 Å². The van der Waals surface area contributed by atoms with Crippen LogP contribution in [0.15, 0.2) is 18.2 Å². The Labute approximate surface area is 125 Å². The Balaban J connectivity index is 2.84. The Morgan fingerprint density at radius 2 is 1.95 bits per heavy atom. The summed E-state index contributed by atoms with van der Waals surface area (Å²) < 4.78 is 38.4. The molecule has 0 aliphatic carbocycles. The summed E-state index contributed by atoms with van der Waals surface area (Å²) in [6, 6.07) is 2.64. The van der Waals surface area contributed by atoms with Gasteiger partial charge in [0.05, 0.1) is 18.2 Å². The van der Waals surface area contributed by atoms with E-state index in [2.05, 4.69) is 10.6 Å². The van der Waals surface area contributed by atoms with Crippen LogP contribution in [-0.4, -0.2) is 36.1 Å². The second-order valence-electron chi connectivity index (χ2n) is 4.77. The van der Waals surface area contributed by atoms with Crippen molar-refractivity contribution in [3.8, 4) is 0 Å². The topological polar surface area (TPSA) is 78.4 Å². The maximum atomic E-state index is 12.8. The molecular weight excluding hydrogens is 301 g/mol. The van der Waals surface area contributed by atoms with Crippen molar-refractivity contribution in [1.82, 2.24) is 10.6 Å². The molecule has 8 heteroatoms. The van der Waals surface area contributed by atoms with Crippen LogP contribution in [0.1, 0.15) is 28.4 Å². The first-order valence-electron chi connectivity index (χ1n) is 6.49. The summed E-state index contributed by atoms with van der Waals surface area (Å²) in [7, 11) is 0. The van der Waals surface area contributed by atoms with Crippen LogP contribution in [0.4, 0.5) is 13.2 Å². The number of halogens is 3. The number of nitrogens with one attached hydrogen (secondary N) is 2. The number of aliphatic hydroxyl groups excluding tert-OH is 1. The average molecular weight is 318 g/mol. The minimum absolute atomic E-state index is 0.0927. The number of amides is 2. The molecule has 5 nitrogen and oxygen atoms in total. The van der Waals surface area contributed by atoms with Gasteiger partial charge in [0, 0.05) is 19.0 Å². The summed E-state index contributed by atoms with van der Waals surface area (Å²) >= 11 is 0. The van der Waals surface area contributed by atoms with Gasteiger partial charge in [0.15, 0.2) is 0 Å². The van der Waals surface area contributed by atoms with E-state index >= 15 is 0 Å². The molecule has 22 heavy (non-hydrogen) atoms. The highest BCUT2D eigenvalue weighted by atomic mass is 19.4. The van der Waals surface area contributed by atoms with E-state index in [0.29, 0.717) is 0 Å². The highest BCUT2D eigenvalue weighted by Gasteiger charge is 2.33. The monoisotopic (exact) mass is 318 g/mol. The third kappa shape index (κ3) is 4.73. The average Bonchev–Trinajstić information content (AvgIpc) is 2.41. The summed E-state index contributed by atoms with van der Waals surface area (Å²) in [6.07, 6.45) is -4.54. The first-order valence-corrected chi connectivity index (χ1v) is 6.49. The van der Waals surface area contributed by atoms with E-state index in [-0.39, 0.29) is 23.6 Å². The third-order valence-electron chi connectivity index (χ3n) is 3.02. The molecule has 1 rings (SSSR count). The van der Waals surface area contributed by atoms with Crippen molar-refractivity contribution in [3.05, 3.63) is 34.9 Å². The van der Waals surface area contributed by atoms with E-state index in [9.17, 15) is 22.8 Å². The normalized spacial score (nSPS) is 12.6. The van der Waals surface area contributed by atoms with Crippen LogP contribution < -0.4 is 10.6 Å². The summed E-state index contributed by atoms with van der Waals surface area (Å²) in [4.78, 5) is 22.9. The zero-order valence-electron chi connectivity index (χ0n) is 12.1. The van der Waals surface area contributed by atoms with E-state index < -0.39 is 30.3 Å². The van der Waals surface area contributed by atoms with E-state index in [4.69, 9.17) is 5.11 Å². The molecule has 0 aromatic heterocycles. The fraction of sp³-hybridized carbons (Fsp3) is 0.429. The van der Waals surface area contributed by atoms with Gasteiger partial charge >= 0.3 is 6.18 Å². The highest BCUT2D eigenvalue weighted by Crippen LogP contribution is 2.32. The van der Waals surface area contributed by atoms with Crippen molar-refractivity contribution < 1.29 is 27.9 Å². The lowest BCUT2D eigenvalue weighted by atomic mass is 10.0. The molecule has 122 valence electrons. The van der Waals surface area contributed by atoms with Gasteiger partial charge < -0.3 is 15.7 Å². The van der Waals surface area contributed by atoms with Crippen molar-refractivity contribution in [3.63, 3.8) is 0 Å². The second kappa shape index (κ2) is 7.26. The fourth-order valence-electron chi connectivity index (χ4n) is 1.95. The van der Waals surface area contributed by atoms with Crippen LogP contribution in [0.25, 0.3) is 0 Å². The molecule has 0 bridgehead atoms. The van der Waals surface area contributed by atoms with Crippen molar-refractivity contribution in [1.29, 1.82) is 0 Å². The molecule has 0 saturated heterocycles. The Bertz CT molecular complexity index is 559. The van der Waals surface area contributed by atoms with Gasteiger partial charge in [-0.05, 0) is 24.6 Å². The van der Waals surface area contributed by atoms with Gasteiger partial charge in [-0.2, -0.15) is 13.2 Å². The Hall–Kier alpha value is -2.09. The minimum atomic E-state index is -4.54. The van der Waals surface area contributed by atoms with Crippen LogP contribution in [0.5, 0.6) is 0 Å². The zero-order valence-corrected chi connectivity index (χ0v) is 12.1. The molecule has 1 unspecified atom stereocenters. The number of carbonyl (C=O) groups excluding carboxylic acids is 2. The van der Waals surface area contributed by atoms with E-state index in [1.807, 2.05) is 0 Å². The van der Waals surface area contributed by atoms with Crippen LogP contribution in [0, 0.1) is 6.92 Å². The first kappa shape index (κ1) is 18.0. The molecule has 1 atom stereocenters. The van der Waals surface area contributed by atoms with Gasteiger partial charge in [-0.1, -0.05) is 6.07 Å². The maximum Gasteiger partial charge on any atom is 0.416 e. The largest absolute Gasteiger partial charge is 0.416 e. The summed E-state index contributed by atoms with van der Waals surface area (Å²) in [5.41, 5.74) is -1.15. The van der Waals surface area contributed by atoms with Gasteiger partial charge in [-0.25, -0.2) is 0 Å². The predicted molar refractivity (Wildman–Crippen MR) is 73.2 cm³/mol. The van der Waals surface area contributed by atoms with E-state index in [1.165, 1.54) is 19.9 Å². The predicted octanol–water partition coefficient (Wildman–Crippen LogP) is 1.24. The van der Waals surface area contributed by atoms with Gasteiger partial charge in [0.2, 0.25) is 5.91 Å². The lowest BCUT2D eigenvalue weighted by Gasteiger charge is -2.17. The molecule has 0 radical (unpaired) electrons. The first-order chi connectivity index (χ1) is 10.2. The third-order valence-corrected chi connectivity index (χ3v) is 3.02. The second-order valence-corrected chi connectivity index (χ2v) is 4.77. The highest BCUT2D eigenvalue weighted by molar-refractivity contribution is 5.96. The van der Waals surface area contributed by atoms with Crippen LogP contribution >= 0.6 is 0 Å². The van der Waals surface area contributed by atoms with E-state index in [1.54, 1.807) is 0 Å². The number of hydrogen-bond donors (Lipinski definition) is 3. The summed E-state index contributed by atoms with van der Waals surface area (Å²) in [5.74, 6) is -1.09. The number of carbonyl (C=O) groups is 2. The number of rotatable bonds is 5. The standard InChI is InChI=1S/C14H17F3N2O3/c1-8-11(4-3-5-12(8)14(15,16)17)13(22)18-6-10(7-20)19-9(2)21/h3-5,10,20H,6-7H2,1-2H3,(H,18,22)(H,19,21). The Kier molecular flexibility index (Phi) is 5.92. The van der Waals surface area contributed by atoms with Gasteiger partial charge in [0.25, 0.3) is 5.91 Å². The Morgan fingerprint density at radius 3 is 2.45 bits per heavy atom.